The number of ether oxygens (including phenoxy) is 3. The molecule has 3 rings (SSSR count). The molecule has 3 N–H and O–H groups in total. The highest BCUT2D eigenvalue weighted by Crippen LogP contribution is 2.27. The molecule has 0 spiro atoms. The Morgan fingerprint density at radius 2 is 1.46 bits per heavy atom. The molecular weight excluding hydrogens is 588 g/mol. The zero-order chi connectivity index (χ0) is 31.3. The highest BCUT2D eigenvalue weighted by Gasteiger charge is 2.17. The zero-order valence-corrected chi connectivity index (χ0v) is 23.7. The van der Waals surface area contributed by atoms with E-state index >= 15 is 0 Å². The number of hydrogen-bond donors (Lipinski definition) is 2. The summed E-state index contributed by atoms with van der Waals surface area (Å²) in [5, 5.41) is 12.8. The van der Waals surface area contributed by atoms with E-state index in [0.29, 0.717) is 5.56 Å². The van der Waals surface area contributed by atoms with Crippen molar-refractivity contribution in [2.75, 3.05) is 32.9 Å². The number of halogens is 2. The molecule has 41 heavy (non-hydrogen) atoms. The fraction of sp³-hybridized carbons (Fsp3) is 0.160. The molecule has 0 saturated heterocycles. The lowest BCUT2D eigenvalue weighted by Crippen LogP contribution is -2.19. The Kier molecular flexibility index (Phi) is 13.2. The molecule has 0 aliphatic rings. The van der Waals surface area contributed by atoms with Gasteiger partial charge in [0, 0.05) is 24.5 Å². The first-order chi connectivity index (χ1) is 19.1. The minimum absolute atomic E-state index is 0.0305. The molecule has 3 aromatic carbocycles. The maximum Gasteiger partial charge on any atom is 0.337 e. The van der Waals surface area contributed by atoms with Gasteiger partial charge in [-0.3, -0.25) is 10.1 Å². The smallest absolute Gasteiger partial charge is 0.337 e. The van der Waals surface area contributed by atoms with Gasteiger partial charge in [-0.15, -0.1) is 0 Å². The molecule has 0 fully saturated rings. The summed E-state index contributed by atoms with van der Waals surface area (Å²) in [5.41, 5.74) is 5.37. The second-order valence-corrected chi connectivity index (χ2v) is 9.99. The Morgan fingerprint density at radius 3 is 1.93 bits per heavy atom. The predicted molar refractivity (Wildman–Crippen MR) is 149 cm³/mol. The standard InChI is InChI=1S/C9H9NO5.C9H10O4S.C7H6F2N2S/c1-14-8-5-6(9(11)15-2)3-4-7(8)10(12)13;1-13-9(10)7-3-5-8(6-4-7)14(2,11)12;8-4-1-2-5(9)6(3-4)11-7(10)12/h3-5H,1-2H3;3-6H,1-2H3;1-3H,(H3,10,11,12). The summed E-state index contributed by atoms with van der Waals surface area (Å²) in [4.78, 5) is 32.3. The first-order valence-corrected chi connectivity index (χ1v) is 13.2. The summed E-state index contributed by atoms with van der Waals surface area (Å²) < 4.78 is 61.2. The topological polar surface area (TPSA) is 177 Å². The van der Waals surface area contributed by atoms with Gasteiger partial charge in [0.1, 0.15) is 11.6 Å². The van der Waals surface area contributed by atoms with E-state index in [1.54, 1.807) is 0 Å². The molecule has 220 valence electrons. The van der Waals surface area contributed by atoms with Crippen LogP contribution in [0.25, 0.3) is 0 Å². The summed E-state index contributed by atoms with van der Waals surface area (Å²) in [7, 11) is 0.594. The van der Waals surface area contributed by atoms with Crippen molar-refractivity contribution in [3.63, 3.8) is 0 Å². The third-order valence-corrected chi connectivity index (χ3v) is 5.92. The van der Waals surface area contributed by atoms with Crippen LogP contribution in [0.1, 0.15) is 20.7 Å². The number of thiocarbonyl (C=S) groups is 1. The highest BCUT2D eigenvalue weighted by atomic mass is 32.2. The van der Waals surface area contributed by atoms with Gasteiger partial charge in [-0.2, -0.15) is 0 Å². The van der Waals surface area contributed by atoms with Gasteiger partial charge in [0.15, 0.2) is 20.7 Å². The van der Waals surface area contributed by atoms with Crippen molar-refractivity contribution in [3.05, 3.63) is 93.5 Å². The molecule has 0 heterocycles. The quantitative estimate of drug-likeness (QED) is 0.178. The Hall–Kier alpha value is -4.70. The van der Waals surface area contributed by atoms with E-state index in [2.05, 4.69) is 27.0 Å². The van der Waals surface area contributed by atoms with Crippen molar-refractivity contribution in [3.8, 4) is 5.75 Å². The van der Waals surface area contributed by atoms with Crippen LogP contribution in [0.15, 0.2) is 65.6 Å². The van der Waals surface area contributed by atoms with Gasteiger partial charge < -0.3 is 25.3 Å². The van der Waals surface area contributed by atoms with E-state index < -0.39 is 38.3 Å². The van der Waals surface area contributed by atoms with Gasteiger partial charge in [0.2, 0.25) is 0 Å². The third kappa shape index (κ3) is 11.1. The SMILES string of the molecule is COC(=O)c1ccc(S(C)(=O)=O)cc1.COC(=O)c1ccc([N+](=O)[O-])c(OC)c1.NC(=S)Nc1cc(F)ccc1F. The van der Waals surface area contributed by atoms with Crippen LogP contribution in [0.2, 0.25) is 0 Å². The molecular formula is C25H25F2N3O9S2. The Balaban J connectivity index is 0.000000309. The minimum atomic E-state index is -3.20. The molecule has 0 aliphatic carbocycles. The number of nitrogens with two attached hydrogens (primary N) is 1. The first kappa shape index (κ1) is 34.3. The van der Waals surface area contributed by atoms with E-state index in [1.807, 2.05) is 0 Å². The van der Waals surface area contributed by atoms with Crippen molar-refractivity contribution in [2.45, 2.75) is 4.90 Å². The maximum absolute atomic E-state index is 12.8. The van der Waals surface area contributed by atoms with E-state index in [9.17, 15) is 36.9 Å². The van der Waals surface area contributed by atoms with Gasteiger partial charge >= 0.3 is 17.6 Å². The van der Waals surface area contributed by atoms with Crippen LogP contribution in [0, 0.1) is 21.7 Å². The molecule has 0 aliphatic heterocycles. The average Bonchev–Trinajstić information content (AvgIpc) is 2.93. The lowest BCUT2D eigenvalue weighted by molar-refractivity contribution is -0.385. The van der Waals surface area contributed by atoms with Crippen LogP contribution in [-0.4, -0.2) is 58.0 Å². The predicted octanol–water partition coefficient (Wildman–Crippen LogP) is 3.89. The van der Waals surface area contributed by atoms with Crippen molar-refractivity contribution in [2.24, 2.45) is 5.73 Å². The number of carbonyl (C=O) groups is 2. The second-order valence-electron chi connectivity index (χ2n) is 7.54. The molecule has 16 heteroatoms. The number of hydrogen-bond acceptors (Lipinski definition) is 10. The number of carbonyl (C=O) groups excluding carboxylic acids is 2. The van der Waals surface area contributed by atoms with Crippen molar-refractivity contribution < 1.29 is 45.9 Å². The Morgan fingerprint density at radius 1 is 0.927 bits per heavy atom. The molecule has 0 amide bonds. The van der Waals surface area contributed by atoms with Crippen molar-refractivity contribution in [1.82, 2.24) is 0 Å². The molecule has 0 bridgehead atoms. The van der Waals surface area contributed by atoms with Crippen LogP contribution in [-0.2, 0) is 19.3 Å². The third-order valence-electron chi connectivity index (χ3n) is 4.69. The van der Waals surface area contributed by atoms with E-state index in [1.165, 1.54) is 63.8 Å². The number of rotatable bonds is 6. The maximum atomic E-state index is 12.8. The van der Waals surface area contributed by atoms with Gasteiger partial charge in [-0.1, -0.05) is 0 Å². The number of anilines is 1. The lowest BCUT2D eigenvalue weighted by Gasteiger charge is -2.03. The number of methoxy groups -OCH3 is 3. The van der Waals surface area contributed by atoms with E-state index in [-0.39, 0.29) is 32.7 Å². The molecule has 0 unspecified atom stereocenters. The largest absolute Gasteiger partial charge is 0.490 e. The molecule has 3 aromatic rings. The van der Waals surface area contributed by atoms with Crippen LogP contribution >= 0.6 is 12.2 Å². The Labute approximate surface area is 239 Å². The average molecular weight is 614 g/mol. The fourth-order valence-corrected chi connectivity index (χ4v) is 3.50. The first-order valence-electron chi connectivity index (χ1n) is 10.9. The van der Waals surface area contributed by atoms with Crippen LogP contribution in [0.4, 0.5) is 20.2 Å². The monoisotopic (exact) mass is 613 g/mol. The van der Waals surface area contributed by atoms with Gasteiger partial charge in [0.05, 0.1) is 48.0 Å². The molecule has 0 atom stereocenters. The number of nitrogens with one attached hydrogen (secondary N) is 1. The number of sulfone groups is 1. The van der Waals surface area contributed by atoms with Crippen molar-refractivity contribution >= 4 is 50.5 Å². The van der Waals surface area contributed by atoms with Crippen LogP contribution in [0.5, 0.6) is 5.75 Å². The fourth-order valence-electron chi connectivity index (χ4n) is 2.76. The van der Waals surface area contributed by atoms with Gasteiger partial charge in [0.25, 0.3) is 0 Å². The summed E-state index contributed by atoms with van der Waals surface area (Å²) >= 11 is 4.46. The van der Waals surface area contributed by atoms with E-state index in [4.69, 9.17) is 10.5 Å². The summed E-state index contributed by atoms with van der Waals surface area (Å²) in [6.45, 7) is 0. The normalized spacial score (nSPS) is 10.0. The second kappa shape index (κ2) is 15.8. The zero-order valence-electron chi connectivity index (χ0n) is 22.0. The van der Waals surface area contributed by atoms with Gasteiger partial charge in [-0.05, 0) is 54.7 Å². The highest BCUT2D eigenvalue weighted by molar-refractivity contribution is 7.90. The molecule has 0 saturated carbocycles. The molecule has 12 nitrogen and oxygen atoms in total. The Bertz CT molecular complexity index is 1520. The summed E-state index contributed by atoms with van der Waals surface area (Å²) in [6.07, 6.45) is 1.11. The van der Waals surface area contributed by atoms with Gasteiger partial charge in [-0.25, -0.2) is 26.8 Å². The number of benzene rings is 3. The van der Waals surface area contributed by atoms with E-state index in [0.717, 1.165) is 24.5 Å². The molecule has 0 aromatic heterocycles. The number of esters is 2. The lowest BCUT2D eigenvalue weighted by atomic mass is 10.2. The number of nitrogens with zero attached hydrogens (tertiary/aromatic N) is 1. The van der Waals surface area contributed by atoms with Crippen LogP contribution < -0.4 is 15.8 Å². The summed E-state index contributed by atoms with van der Waals surface area (Å²) in [5.74, 6) is -2.16. The summed E-state index contributed by atoms with van der Waals surface area (Å²) in [6, 6.07) is 12.4. The number of nitro benzene ring substituents is 1. The van der Waals surface area contributed by atoms with Crippen LogP contribution in [0.3, 0.4) is 0 Å². The molecule has 0 radical (unpaired) electrons. The van der Waals surface area contributed by atoms with Crippen molar-refractivity contribution in [1.29, 1.82) is 0 Å². The minimum Gasteiger partial charge on any atom is -0.490 e. The number of nitro groups is 1.